The van der Waals surface area contributed by atoms with Crippen molar-refractivity contribution in [3.8, 4) is 0 Å². The van der Waals surface area contributed by atoms with Crippen LogP contribution >= 0.6 is 0 Å². The Hall–Kier alpha value is -1.58. The van der Waals surface area contributed by atoms with E-state index in [-0.39, 0.29) is 0 Å². The molecule has 0 spiro atoms. The maximum absolute atomic E-state index is 10.8. The summed E-state index contributed by atoms with van der Waals surface area (Å²) in [7, 11) is 0. The molecule has 1 aromatic heterocycles. The van der Waals surface area contributed by atoms with E-state index in [2.05, 4.69) is 4.98 Å². The van der Waals surface area contributed by atoms with Crippen molar-refractivity contribution >= 4 is 11.9 Å². The van der Waals surface area contributed by atoms with Gasteiger partial charge in [0.1, 0.15) is 5.82 Å². The van der Waals surface area contributed by atoms with Crippen molar-refractivity contribution < 1.29 is 9.90 Å². The number of anilines is 1. The van der Waals surface area contributed by atoms with E-state index < -0.39 is 6.09 Å². The second kappa shape index (κ2) is 4.45. The summed E-state index contributed by atoms with van der Waals surface area (Å²) in [5.41, 5.74) is 0. The Morgan fingerprint density at radius 1 is 1.62 bits per heavy atom. The molecular formula is C9H12N2O2. The van der Waals surface area contributed by atoms with E-state index >= 15 is 0 Å². The molecule has 0 aliphatic rings. The number of carbonyl (C=O) groups is 1. The second-order valence-electron chi connectivity index (χ2n) is 2.62. The average Bonchev–Trinajstić information content (AvgIpc) is 2.15. The van der Waals surface area contributed by atoms with Crippen LogP contribution in [0.1, 0.15) is 13.3 Å². The summed E-state index contributed by atoms with van der Waals surface area (Å²) in [6, 6.07) is 5.22. The van der Waals surface area contributed by atoms with Gasteiger partial charge >= 0.3 is 6.09 Å². The minimum Gasteiger partial charge on any atom is -0.465 e. The molecule has 13 heavy (non-hydrogen) atoms. The van der Waals surface area contributed by atoms with Gasteiger partial charge in [-0.1, -0.05) is 13.0 Å². The molecule has 70 valence electrons. The predicted molar refractivity (Wildman–Crippen MR) is 49.9 cm³/mol. The lowest BCUT2D eigenvalue weighted by atomic mass is 10.4. The molecule has 0 fully saturated rings. The molecule has 0 unspecified atom stereocenters. The van der Waals surface area contributed by atoms with Crippen LogP contribution in [0, 0.1) is 0 Å². The van der Waals surface area contributed by atoms with E-state index in [1.54, 1.807) is 24.4 Å². The minimum atomic E-state index is -0.958. The van der Waals surface area contributed by atoms with Crippen molar-refractivity contribution in [3.63, 3.8) is 0 Å². The number of nitrogens with zero attached hydrogens (tertiary/aromatic N) is 2. The van der Waals surface area contributed by atoms with Crippen LogP contribution < -0.4 is 4.90 Å². The van der Waals surface area contributed by atoms with Crippen LogP contribution in [0.15, 0.2) is 24.4 Å². The monoisotopic (exact) mass is 180 g/mol. The first-order chi connectivity index (χ1) is 6.25. The largest absolute Gasteiger partial charge is 0.465 e. The van der Waals surface area contributed by atoms with E-state index in [1.165, 1.54) is 4.90 Å². The highest BCUT2D eigenvalue weighted by molar-refractivity contribution is 5.84. The van der Waals surface area contributed by atoms with Crippen LogP contribution in [0.2, 0.25) is 0 Å². The summed E-state index contributed by atoms with van der Waals surface area (Å²) in [6.45, 7) is 2.41. The number of hydrogen-bond donors (Lipinski definition) is 1. The number of amides is 1. The first-order valence-electron chi connectivity index (χ1n) is 4.17. The van der Waals surface area contributed by atoms with Crippen LogP contribution in [0.25, 0.3) is 0 Å². The maximum atomic E-state index is 10.8. The molecule has 1 heterocycles. The molecule has 1 rings (SSSR count). The van der Waals surface area contributed by atoms with Crippen LogP contribution in [0.5, 0.6) is 0 Å². The highest BCUT2D eigenvalue weighted by Crippen LogP contribution is 2.09. The summed E-state index contributed by atoms with van der Waals surface area (Å²) in [5.74, 6) is 0.483. The molecule has 0 aliphatic heterocycles. The third-order valence-corrected chi connectivity index (χ3v) is 1.60. The van der Waals surface area contributed by atoms with Crippen molar-refractivity contribution in [3.05, 3.63) is 24.4 Å². The highest BCUT2D eigenvalue weighted by atomic mass is 16.4. The van der Waals surface area contributed by atoms with Gasteiger partial charge < -0.3 is 5.11 Å². The summed E-state index contributed by atoms with van der Waals surface area (Å²) >= 11 is 0. The van der Waals surface area contributed by atoms with Crippen molar-refractivity contribution in [1.82, 2.24) is 4.98 Å². The fourth-order valence-corrected chi connectivity index (χ4v) is 1.05. The predicted octanol–water partition coefficient (Wildman–Crippen LogP) is 1.98. The van der Waals surface area contributed by atoms with E-state index in [9.17, 15) is 4.79 Å². The number of hydrogen-bond acceptors (Lipinski definition) is 2. The molecule has 1 amide bonds. The third kappa shape index (κ3) is 2.43. The Labute approximate surface area is 76.8 Å². The molecule has 0 atom stereocenters. The Kier molecular flexibility index (Phi) is 3.25. The number of carboxylic acid groups (broad SMARTS) is 1. The summed E-state index contributed by atoms with van der Waals surface area (Å²) in [5, 5.41) is 8.84. The molecule has 0 saturated heterocycles. The summed E-state index contributed by atoms with van der Waals surface area (Å²) < 4.78 is 0. The van der Waals surface area contributed by atoms with Crippen LogP contribution in [0.3, 0.4) is 0 Å². The van der Waals surface area contributed by atoms with E-state index in [1.807, 2.05) is 6.92 Å². The molecule has 4 heteroatoms. The van der Waals surface area contributed by atoms with Gasteiger partial charge in [-0.3, -0.25) is 4.90 Å². The summed E-state index contributed by atoms with van der Waals surface area (Å²) in [6.07, 6.45) is 1.41. The van der Waals surface area contributed by atoms with E-state index in [4.69, 9.17) is 5.11 Å². The van der Waals surface area contributed by atoms with E-state index in [0.29, 0.717) is 12.4 Å². The van der Waals surface area contributed by atoms with Crippen LogP contribution in [-0.2, 0) is 0 Å². The Bertz CT molecular complexity index is 274. The van der Waals surface area contributed by atoms with Gasteiger partial charge in [0, 0.05) is 12.7 Å². The van der Waals surface area contributed by atoms with Gasteiger partial charge in [0.15, 0.2) is 0 Å². The van der Waals surface area contributed by atoms with Crippen molar-refractivity contribution in [2.24, 2.45) is 0 Å². The van der Waals surface area contributed by atoms with Crippen molar-refractivity contribution in [2.45, 2.75) is 13.3 Å². The van der Waals surface area contributed by atoms with Crippen LogP contribution in [-0.4, -0.2) is 22.7 Å². The number of pyridine rings is 1. The smallest absolute Gasteiger partial charge is 0.413 e. The lowest BCUT2D eigenvalue weighted by Gasteiger charge is -2.16. The summed E-state index contributed by atoms with van der Waals surface area (Å²) in [4.78, 5) is 16.0. The molecule has 0 aliphatic carbocycles. The van der Waals surface area contributed by atoms with Gasteiger partial charge in [-0.15, -0.1) is 0 Å². The molecule has 0 radical (unpaired) electrons. The number of aromatic nitrogens is 1. The molecule has 0 bridgehead atoms. The normalized spacial score (nSPS) is 9.62. The first-order valence-corrected chi connectivity index (χ1v) is 4.17. The highest BCUT2D eigenvalue weighted by Gasteiger charge is 2.12. The quantitative estimate of drug-likeness (QED) is 0.773. The van der Waals surface area contributed by atoms with E-state index in [0.717, 1.165) is 6.42 Å². The fraction of sp³-hybridized carbons (Fsp3) is 0.333. The lowest BCUT2D eigenvalue weighted by molar-refractivity contribution is 0.201. The zero-order valence-corrected chi connectivity index (χ0v) is 7.47. The zero-order chi connectivity index (χ0) is 9.68. The lowest BCUT2D eigenvalue weighted by Crippen LogP contribution is -2.30. The maximum Gasteiger partial charge on any atom is 0.413 e. The molecular weight excluding hydrogens is 168 g/mol. The van der Waals surface area contributed by atoms with Gasteiger partial charge in [0.2, 0.25) is 0 Å². The standard InChI is InChI=1S/C9H12N2O2/c1-2-7-11(9(12)13)8-5-3-4-6-10-8/h3-6H,2,7H2,1H3,(H,12,13). The third-order valence-electron chi connectivity index (χ3n) is 1.60. The van der Waals surface area contributed by atoms with Gasteiger partial charge in [-0.2, -0.15) is 0 Å². The van der Waals surface area contributed by atoms with Gasteiger partial charge in [-0.25, -0.2) is 9.78 Å². The van der Waals surface area contributed by atoms with Gasteiger partial charge in [-0.05, 0) is 18.6 Å². The second-order valence-corrected chi connectivity index (χ2v) is 2.62. The Balaban J connectivity index is 2.82. The zero-order valence-electron chi connectivity index (χ0n) is 7.47. The van der Waals surface area contributed by atoms with Crippen molar-refractivity contribution in [2.75, 3.05) is 11.4 Å². The SMILES string of the molecule is CCCN(C(=O)O)c1ccccn1. The van der Waals surface area contributed by atoms with Gasteiger partial charge in [0.25, 0.3) is 0 Å². The Morgan fingerprint density at radius 2 is 2.38 bits per heavy atom. The first kappa shape index (κ1) is 9.51. The molecule has 0 saturated carbocycles. The Morgan fingerprint density at radius 3 is 2.85 bits per heavy atom. The minimum absolute atomic E-state index is 0.479. The molecule has 4 nitrogen and oxygen atoms in total. The van der Waals surface area contributed by atoms with Crippen molar-refractivity contribution in [1.29, 1.82) is 0 Å². The number of rotatable bonds is 3. The molecule has 1 aromatic rings. The molecule has 1 N–H and O–H groups in total. The average molecular weight is 180 g/mol. The van der Waals surface area contributed by atoms with Crippen LogP contribution in [0.4, 0.5) is 10.6 Å². The van der Waals surface area contributed by atoms with Gasteiger partial charge in [0.05, 0.1) is 0 Å². The fourth-order valence-electron chi connectivity index (χ4n) is 1.05. The topological polar surface area (TPSA) is 53.4 Å². The molecule has 0 aromatic carbocycles.